The van der Waals surface area contributed by atoms with Gasteiger partial charge in [-0.2, -0.15) is 0 Å². The SMILES string of the molecule is COc1cc(/C=C2\NC(=S)N(C)C2=O)cc(I)c1O. The van der Waals surface area contributed by atoms with Crippen molar-refractivity contribution in [3.8, 4) is 11.5 Å². The van der Waals surface area contributed by atoms with Crippen LogP contribution in [-0.4, -0.2) is 35.2 Å². The molecule has 1 aliphatic heterocycles. The predicted molar refractivity (Wildman–Crippen MR) is 83.9 cm³/mol. The lowest BCUT2D eigenvalue weighted by Gasteiger charge is -2.07. The highest BCUT2D eigenvalue weighted by Crippen LogP contribution is 2.33. The van der Waals surface area contributed by atoms with Gasteiger partial charge in [-0.1, -0.05) is 0 Å². The summed E-state index contributed by atoms with van der Waals surface area (Å²) < 4.78 is 5.72. The summed E-state index contributed by atoms with van der Waals surface area (Å²) in [7, 11) is 3.09. The number of carbonyl (C=O) groups excluding carboxylic acids is 1. The van der Waals surface area contributed by atoms with Crippen LogP contribution in [0.15, 0.2) is 17.8 Å². The summed E-state index contributed by atoms with van der Waals surface area (Å²) in [5, 5.41) is 13.0. The first kappa shape index (κ1) is 14.1. The van der Waals surface area contributed by atoms with Crippen LogP contribution >= 0.6 is 34.8 Å². The van der Waals surface area contributed by atoms with E-state index in [0.717, 1.165) is 5.56 Å². The number of amides is 1. The number of aromatic hydroxyl groups is 1. The quantitative estimate of drug-likeness (QED) is 0.457. The number of hydrogen-bond donors (Lipinski definition) is 2. The zero-order valence-electron chi connectivity index (χ0n) is 10.2. The summed E-state index contributed by atoms with van der Waals surface area (Å²) >= 11 is 6.99. The maximum absolute atomic E-state index is 11.9. The standard InChI is InChI=1S/C12H11IN2O3S/c1-15-11(17)8(14-12(15)19)4-6-3-7(13)10(16)9(5-6)18-2/h3-5,16H,1-2H3,(H,14,19)/b8-4-. The van der Waals surface area contributed by atoms with Crippen molar-refractivity contribution in [2.75, 3.05) is 14.2 Å². The monoisotopic (exact) mass is 390 g/mol. The third-order valence-corrected chi connectivity index (χ3v) is 3.86. The molecule has 0 aliphatic carbocycles. The summed E-state index contributed by atoms with van der Waals surface area (Å²) in [5.74, 6) is 0.260. The van der Waals surface area contributed by atoms with Crippen LogP contribution in [0.2, 0.25) is 0 Å². The van der Waals surface area contributed by atoms with E-state index in [2.05, 4.69) is 5.32 Å². The van der Waals surface area contributed by atoms with E-state index in [1.54, 1.807) is 25.3 Å². The number of phenols is 1. The van der Waals surface area contributed by atoms with Gasteiger partial charge in [-0.25, -0.2) is 0 Å². The molecular weight excluding hydrogens is 379 g/mol. The number of rotatable bonds is 2. The van der Waals surface area contributed by atoms with Crippen molar-refractivity contribution in [1.82, 2.24) is 10.2 Å². The molecule has 0 bridgehead atoms. The summed E-state index contributed by atoms with van der Waals surface area (Å²) in [6, 6.07) is 3.41. The Morgan fingerprint density at radius 3 is 2.74 bits per heavy atom. The molecule has 0 spiro atoms. The lowest BCUT2D eigenvalue weighted by molar-refractivity contribution is -0.121. The molecule has 100 valence electrons. The van der Waals surface area contributed by atoms with Crippen LogP contribution in [0, 0.1) is 3.57 Å². The third kappa shape index (κ3) is 2.66. The van der Waals surface area contributed by atoms with E-state index in [0.29, 0.717) is 20.1 Å². The van der Waals surface area contributed by atoms with Gasteiger partial charge in [0, 0.05) is 7.05 Å². The van der Waals surface area contributed by atoms with E-state index in [-0.39, 0.29) is 11.7 Å². The fraction of sp³-hybridized carbons (Fsp3) is 0.167. The molecule has 0 radical (unpaired) electrons. The summed E-state index contributed by atoms with van der Waals surface area (Å²) in [6.45, 7) is 0. The van der Waals surface area contributed by atoms with Crippen molar-refractivity contribution >= 4 is 51.9 Å². The molecule has 2 rings (SSSR count). The fourth-order valence-corrected chi connectivity index (χ4v) is 2.44. The Balaban J connectivity index is 2.42. The molecule has 5 nitrogen and oxygen atoms in total. The molecule has 2 N–H and O–H groups in total. The van der Waals surface area contributed by atoms with Gasteiger partial charge in [0.05, 0.1) is 10.7 Å². The van der Waals surface area contributed by atoms with Gasteiger partial charge in [-0.05, 0) is 58.6 Å². The first-order valence-corrected chi connectivity index (χ1v) is 6.80. The van der Waals surface area contributed by atoms with E-state index < -0.39 is 0 Å². The second-order valence-corrected chi connectivity index (χ2v) is 5.45. The second-order valence-electron chi connectivity index (χ2n) is 3.91. The van der Waals surface area contributed by atoms with Crippen LogP contribution < -0.4 is 10.1 Å². The number of benzene rings is 1. The van der Waals surface area contributed by atoms with Gasteiger partial charge in [-0.15, -0.1) is 0 Å². The highest BCUT2D eigenvalue weighted by Gasteiger charge is 2.27. The molecular formula is C12H11IN2O3S. The van der Waals surface area contributed by atoms with Crippen molar-refractivity contribution in [2.45, 2.75) is 0 Å². The number of carbonyl (C=O) groups is 1. The number of likely N-dealkylation sites (N-methyl/N-ethyl adjacent to an activating group) is 1. The molecule has 0 aromatic heterocycles. The molecule has 0 atom stereocenters. The maximum atomic E-state index is 11.9. The Morgan fingerprint density at radius 2 is 2.21 bits per heavy atom. The van der Waals surface area contributed by atoms with Crippen LogP contribution in [0.5, 0.6) is 11.5 Å². The average molecular weight is 390 g/mol. The first-order chi connectivity index (χ1) is 8.93. The summed E-state index contributed by atoms with van der Waals surface area (Å²) in [5.41, 5.74) is 1.14. The van der Waals surface area contributed by atoms with E-state index in [9.17, 15) is 9.90 Å². The average Bonchev–Trinajstić information content (AvgIpc) is 2.61. The topological polar surface area (TPSA) is 61.8 Å². The Morgan fingerprint density at radius 1 is 1.53 bits per heavy atom. The van der Waals surface area contributed by atoms with Crippen LogP contribution in [0.3, 0.4) is 0 Å². The van der Waals surface area contributed by atoms with Gasteiger partial charge in [0.15, 0.2) is 16.6 Å². The van der Waals surface area contributed by atoms with Gasteiger partial charge in [0.1, 0.15) is 5.70 Å². The molecule has 0 saturated carbocycles. The summed E-state index contributed by atoms with van der Waals surface area (Å²) in [6.07, 6.45) is 1.67. The summed E-state index contributed by atoms with van der Waals surface area (Å²) in [4.78, 5) is 13.2. The Kier molecular flexibility index (Phi) is 3.95. The number of phenolic OH excluding ortho intramolecular Hbond substituents is 1. The minimum atomic E-state index is -0.188. The predicted octanol–water partition coefficient (Wildman–Crippen LogP) is 1.69. The number of methoxy groups -OCH3 is 1. The minimum Gasteiger partial charge on any atom is -0.504 e. The largest absolute Gasteiger partial charge is 0.504 e. The zero-order chi connectivity index (χ0) is 14.2. The van der Waals surface area contributed by atoms with Crippen LogP contribution in [-0.2, 0) is 4.79 Å². The smallest absolute Gasteiger partial charge is 0.276 e. The van der Waals surface area contributed by atoms with Crippen molar-refractivity contribution in [3.63, 3.8) is 0 Å². The Labute approximate surface area is 129 Å². The van der Waals surface area contributed by atoms with E-state index in [1.807, 2.05) is 22.6 Å². The number of nitrogens with zero attached hydrogens (tertiary/aromatic N) is 1. The molecule has 1 amide bonds. The van der Waals surface area contributed by atoms with Crippen molar-refractivity contribution in [1.29, 1.82) is 0 Å². The van der Waals surface area contributed by atoms with Crippen LogP contribution in [0.1, 0.15) is 5.56 Å². The van der Waals surface area contributed by atoms with E-state index in [1.165, 1.54) is 12.0 Å². The molecule has 1 aromatic rings. The number of halogens is 1. The second kappa shape index (κ2) is 5.33. The number of ether oxygens (including phenoxy) is 1. The highest BCUT2D eigenvalue weighted by molar-refractivity contribution is 14.1. The maximum Gasteiger partial charge on any atom is 0.276 e. The molecule has 0 unspecified atom stereocenters. The van der Waals surface area contributed by atoms with Crippen LogP contribution in [0.4, 0.5) is 0 Å². The number of nitrogens with one attached hydrogen (secondary N) is 1. The molecule has 1 aromatic carbocycles. The van der Waals surface area contributed by atoms with Gasteiger partial charge in [0.25, 0.3) is 5.91 Å². The number of thiocarbonyl (C=S) groups is 1. The molecule has 19 heavy (non-hydrogen) atoms. The van der Waals surface area contributed by atoms with Crippen LogP contribution in [0.25, 0.3) is 6.08 Å². The Hall–Kier alpha value is -1.35. The molecule has 1 heterocycles. The highest BCUT2D eigenvalue weighted by atomic mass is 127. The lowest BCUT2D eigenvalue weighted by Crippen LogP contribution is -2.25. The van der Waals surface area contributed by atoms with Gasteiger partial charge in [0.2, 0.25) is 0 Å². The minimum absolute atomic E-state index is 0.0867. The third-order valence-electron chi connectivity index (χ3n) is 2.66. The molecule has 1 saturated heterocycles. The number of hydrogen-bond acceptors (Lipinski definition) is 4. The fourth-order valence-electron chi connectivity index (χ4n) is 1.62. The van der Waals surface area contributed by atoms with E-state index in [4.69, 9.17) is 17.0 Å². The van der Waals surface area contributed by atoms with Gasteiger partial charge in [-0.3, -0.25) is 9.69 Å². The van der Waals surface area contributed by atoms with E-state index >= 15 is 0 Å². The zero-order valence-corrected chi connectivity index (χ0v) is 13.2. The van der Waals surface area contributed by atoms with Crippen molar-refractivity contribution in [2.24, 2.45) is 0 Å². The lowest BCUT2D eigenvalue weighted by atomic mass is 10.1. The Bertz CT molecular complexity index is 601. The molecule has 1 fully saturated rings. The van der Waals surface area contributed by atoms with Crippen molar-refractivity contribution in [3.05, 3.63) is 27.0 Å². The molecule has 1 aliphatic rings. The first-order valence-electron chi connectivity index (χ1n) is 5.31. The molecule has 7 heteroatoms. The van der Waals surface area contributed by atoms with Gasteiger partial charge >= 0.3 is 0 Å². The van der Waals surface area contributed by atoms with Gasteiger partial charge < -0.3 is 15.2 Å². The van der Waals surface area contributed by atoms with Crippen molar-refractivity contribution < 1.29 is 14.6 Å². The normalized spacial score (nSPS) is 17.0.